The van der Waals surface area contributed by atoms with Gasteiger partial charge in [0, 0.05) is 38.5 Å². The highest BCUT2D eigenvalue weighted by Crippen LogP contribution is 2.62. The first kappa shape index (κ1) is 35.2. The molecule has 298 valence electrons. The molecular weight excluding hydrogens is 777 g/mol. The van der Waals surface area contributed by atoms with E-state index in [-0.39, 0.29) is 0 Å². The SMILES string of the molecule is c1ccc(-c2ccccc2-c2ccccc2N(c2ccc3c(c2)C2(c4ccccc4-3)c3ccccc3-n3c4ccccc4c4cccc2c43)c2ccc3oc4ccccc4c3c2)cc1. The van der Waals surface area contributed by atoms with Gasteiger partial charge in [-0.1, -0.05) is 176 Å². The fraction of sp³-hybridized carbons (Fsp3) is 0.0164. The van der Waals surface area contributed by atoms with Crippen molar-refractivity contribution in [2.45, 2.75) is 5.41 Å². The molecule has 12 aromatic rings. The lowest BCUT2D eigenvalue weighted by atomic mass is 9.65. The van der Waals surface area contributed by atoms with E-state index in [0.717, 1.165) is 44.6 Å². The van der Waals surface area contributed by atoms with E-state index in [1.807, 2.05) is 6.07 Å². The van der Waals surface area contributed by atoms with Gasteiger partial charge in [0.15, 0.2) is 0 Å². The molecule has 1 unspecified atom stereocenters. The van der Waals surface area contributed by atoms with Crippen LogP contribution in [0.25, 0.3) is 82.8 Å². The van der Waals surface area contributed by atoms with Gasteiger partial charge in [0.05, 0.1) is 27.8 Å². The fourth-order valence-corrected chi connectivity index (χ4v) is 11.5. The monoisotopic (exact) mass is 814 g/mol. The summed E-state index contributed by atoms with van der Waals surface area (Å²) < 4.78 is 8.93. The number of anilines is 3. The summed E-state index contributed by atoms with van der Waals surface area (Å²) in [5.74, 6) is 0. The van der Waals surface area contributed by atoms with Crippen molar-refractivity contribution in [3.05, 3.63) is 253 Å². The molecule has 3 heteroatoms. The normalized spacial score (nSPS) is 14.6. The predicted octanol–water partition coefficient (Wildman–Crippen LogP) is 16.2. The summed E-state index contributed by atoms with van der Waals surface area (Å²) in [4.78, 5) is 2.47. The topological polar surface area (TPSA) is 21.3 Å². The Balaban J connectivity index is 1.08. The maximum atomic E-state index is 6.42. The maximum Gasteiger partial charge on any atom is 0.135 e. The molecule has 0 amide bonds. The number of benzene rings is 10. The number of hydrogen-bond acceptors (Lipinski definition) is 2. The second kappa shape index (κ2) is 13.3. The molecule has 0 fully saturated rings. The summed E-state index contributed by atoms with van der Waals surface area (Å²) in [7, 11) is 0. The van der Waals surface area contributed by atoms with Crippen molar-refractivity contribution >= 4 is 60.8 Å². The Morgan fingerprint density at radius 3 is 1.86 bits per heavy atom. The summed E-state index contributed by atoms with van der Waals surface area (Å²) in [6, 6.07) is 84.7. The Hall–Kier alpha value is -8.40. The first-order valence-electron chi connectivity index (χ1n) is 22.1. The van der Waals surface area contributed by atoms with Crippen LogP contribution in [0.1, 0.15) is 22.3 Å². The van der Waals surface area contributed by atoms with Crippen molar-refractivity contribution in [3.63, 3.8) is 0 Å². The van der Waals surface area contributed by atoms with E-state index in [1.165, 1.54) is 77.6 Å². The van der Waals surface area contributed by atoms with Gasteiger partial charge in [-0.25, -0.2) is 0 Å². The fourth-order valence-electron chi connectivity index (χ4n) is 11.5. The van der Waals surface area contributed by atoms with Crippen LogP contribution in [0.5, 0.6) is 0 Å². The molecule has 0 saturated carbocycles. The number of furan rings is 1. The minimum absolute atomic E-state index is 0.585. The summed E-state index contributed by atoms with van der Waals surface area (Å²) >= 11 is 0. The Labute approximate surface area is 370 Å². The molecule has 64 heavy (non-hydrogen) atoms. The first-order chi connectivity index (χ1) is 31.8. The van der Waals surface area contributed by atoms with Crippen LogP contribution in [0.4, 0.5) is 17.1 Å². The maximum absolute atomic E-state index is 6.42. The molecule has 1 spiro atoms. The second-order valence-electron chi connectivity index (χ2n) is 17.1. The quantitative estimate of drug-likeness (QED) is 0.173. The van der Waals surface area contributed by atoms with Gasteiger partial charge in [0.2, 0.25) is 0 Å². The van der Waals surface area contributed by atoms with Crippen LogP contribution in [0.3, 0.4) is 0 Å². The third kappa shape index (κ3) is 4.70. The van der Waals surface area contributed by atoms with E-state index in [0.29, 0.717) is 0 Å². The average molecular weight is 815 g/mol. The van der Waals surface area contributed by atoms with Crippen LogP contribution in [0, 0.1) is 0 Å². The third-order valence-corrected chi connectivity index (χ3v) is 14.0. The van der Waals surface area contributed by atoms with E-state index in [4.69, 9.17) is 4.42 Å². The lowest BCUT2D eigenvalue weighted by molar-refractivity contribution is 0.669. The van der Waals surface area contributed by atoms with Crippen molar-refractivity contribution in [1.29, 1.82) is 0 Å². The van der Waals surface area contributed by atoms with E-state index in [1.54, 1.807) is 0 Å². The predicted molar refractivity (Wildman–Crippen MR) is 264 cm³/mol. The average Bonchev–Trinajstić information content (AvgIpc) is 4.01. The van der Waals surface area contributed by atoms with E-state index < -0.39 is 5.41 Å². The summed E-state index contributed by atoms with van der Waals surface area (Å²) in [5.41, 5.74) is 20.5. The highest BCUT2D eigenvalue weighted by Gasteiger charge is 2.51. The molecular formula is C61H38N2O. The van der Waals surface area contributed by atoms with E-state index in [9.17, 15) is 0 Å². The van der Waals surface area contributed by atoms with Crippen molar-refractivity contribution < 1.29 is 4.42 Å². The first-order valence-corrected chi connectivity index (χ1v) is 22.1. The Bertz CT molecular complexity index is 3870. The standard InChI is InChI=1S/C61H38N2O/c1-2-17-39(18-3-1)42-19-4-5-20-43(42)46-22-7-12-29-55(46)62(40-34-36-59-50(37-40)48-24-9-15-32-58(48)64-59)41-33-35-45-44-21-6-10-26-51(44)61(54(45)38-41)52-27-11-14-31-57(52)63-56-30-13-8-23-47(56)49-25-16-28-53(61)60(49)63/h1-38H. The zero-order valence-corrected chi connectivity index (χ0v) is 34.7. The molecule has 0 bridgehead atoms. The van der Waals surface area contributed by atoms with Gasteiger partial charge in [-0.3, -0.25) is 0 Å². The number of nitrogens with zero attached hydrogens (tertiary/aromatic N) is 2. The van der Waals surface area contributed by atoms with Gasteiger partial charge < -0.3 is 13.9 Å². The molecule has 10 aromatic carbocycles. The molecule has 0 radical (unpaired) electrons. The Kier molecular flexibility index (Phi) is 7.32. The van der Waals surface area contributed by atoms with Crippen molar-refractivity contribution in [2.24, 2.45) is 0 Å². The number of fused-ring (bicyclic) bond motifs is 15. The van der Waals surface area contributed by atoms with Gasteiger partial charge >= 0.3 is 0 Å². The molecule has 0 saturated heterocycles. The van der Waals surface area contributed by atoms with Crippen LogP contribution in [0.15, 0.2) is 235 Å². The Morgan fingerprint density at radius 1 is 0.359 bits per heavy atom. The van der Waals surface area contributed by atoms with Gasteiger partial charge in [-0.05, 0) is 105 Å². The molecule has 3 heterocycles. The van der Waals surface area contributed by atoms with Crippen LogP contribution in [-0.2, 0) is 5.41 Å². The van der Waals surface area contributed by atoms with Gasteiger partial charge in [0.25, 0.3) is 0 Å². The lowest BCUT2D eigenvalue weighted by Crippen LogP contribution is -2.33. The van der Waals surface area contributed by atoms with Gasteiger partial charge in [-0.15, -0.1) is 0 Å². The number of hydrogen-bond donors (Lipinski definition) is 0. The van der Waals surface area contributed by atoms with Crippen LogP contribution in [0.2, 0.25) is 0 Å². The second-order valence-corrected chi connectivity index (χ2v) is 17.1. The molecule has 0 N–H and O–H groups in total. The van der Waals surface area contributed by atoms with E-state index in [2.05, 4.69) is 234 Å². The number of rotatable bonds is 5. The van der Waals surface area contributed by atoms with Crippen LogP contribution >= 0.6 is 0 Å². The number of aromatic nitrogens is 1. The lowest BCUT2D eigenvalue weighted by Gasteiger charge is -2.40. The third-order valence-electron chi connectivity index (χ3n) is 14.0. The molecule has 3 nitrogen and oxygen atoms in total. The highest BCUT2D eigenvalue weighted by molar-refractivity contribution is 6.13. The van der Waals surface area contributed by atoms with Crippen LogP contribution < -0.4 is 4.90 Å². The van der Waals surface area contributed by atoms with Crippen molar-refractivity contribution in [2.75, 3.05) is 4.90 Å². The van der Waals surface area contributed by atoms with Gasteiger partial charge in [0.1, 0.15) is 11.2 Å². The van der Waals surface area contributed by atoms with Gasteiger partial charge in [-0.2, -0.15) is 0 Å². The summed E-state index contributed by atoms with van der Waals surface area (Å²) in [6.07, 6.45) is 0. The summed E-state index contributed by atoms with van der Waals surface area (Å²) in [6.45, 7) is 0. The van der Waals surface area contributed by atoms with Crippen molar-refractivity contribution in [1.82, 2.24) is 4.57 Å². The largest absolute Gasteiger partial charge is 0.456 e. The van der Waals surface area contributed by atoms with E-state index >= 15 is 0 Å². The Morgan fingerprint density at radius 2 is 0.969 bits per heavy atom. The van der Waals surface area contributed by atoms with Crippen LogP contribution in [-0.4, -0.2) is 4.57 Å². The molecule has 1 atom stereocenters. The minimum atomic E-state index is -0.585. The minimum Gasteiger partial charge on any atom is -0.456 e. The molecule has 1 aliphatic carbocycles. The smallest absolute Gasteiger partial charge is 0.135 e. The summed E-state index contributed by atoms with van der Waals surface area (Å²) in [5, 5.41) is 4.74. The zero-order chi connectivity index (χ0) is 41.9. The molecule has 2 aromatic heterocycles. The number of para-hydroxylation sites is 5. The highest BCUT2D eigenvalue weighted by atomic mass is 16.3. The van der Waals surface area contributed by atoms with Crippen molar-refractivity contribution in [3.8, 4) is 39.1 Å². The molecule has 1 aliphatic heterocycles. The molecule has 14 rings (SSSR count). The zero-order valence-electron chi connectivity index (χ0n) is 34.7. The molecule has 2 aliphatic rings.